The van der Waals surface area contributed by atoms with Crippen molar-refractivity contribution in [2.45, 2.75) is 52.0 Å². The van der Waals surface area contributed by atoms with Crippen molar-refractivity contribution in [3.05, 3.63) is 53.6 Å². The Morgan fingerprint density at radius 3 is 2.71 bits per heavy atom. The number of carbonyl (C=O) groups excluding carboxylic acids is 1. The number of aromatic nitrogens is 2. The lowest BCUT2D eigenvalue weighted by Gasteiger charge is -2.32. The largest absolute Gasteiger partial charge is 0.339 e. The Kier molecular flexibility index (Phi) is 5.34. The van der Waals surface area contributed by atoms with Crippen LogP contribution in [0.4, 0.5) is 0 Å². The number of likely N-dealkylation sites (tertiary alicyclic amines) is 1. The number of piperidine rings is 1. The molecule has 1 amide bonds. The highest BCUT2D eigenvalue weighted by Gasteiger charge is 2.27. The molecule has 3 rings (SSSR count). The number of hydrogen-bond donors (Lipinski definition) is 0. The molecule has 0 spiro atoms. The first kappa shape index (κ1) is 16.7. The van der Waals surface area contributed by atoms with Crippen LogP contribution in [0.15, 0.2) is 36.7 Å². The summed E-state index contributed by atoms with van der Waals surface area (Å²) in [7, 11) is 0. The van der Waals surface area contributed by atoms with E-state index >= 15 is 0 Å². The number of imidazole rings is 1. The summed E-state index contributed by atoms with van der Waals surface area (Å²) >= 11 is 0. The molecule has 0 N–H and O–H groups in total. The zero-order chi connectivity index (χ0) is 16.9. The fraction of sp³-hybridized carbons (Fsp3) is 0.500. The van der Waals surface area contributed by atoms with Gasteiger partial charge in [-0.05, 0) is 37.8 Å². The third-order valence-corrected chi connectivity index (χ3v) is 5.02. The van der Waals surface area contributed by atoms with Gasteiger partial charge in [-0.3, -0.25) is 4.79 Å². The molecule has 128 valence electrons. The molecule has 1 aromatic carbocycles. The van der Waals surface area contributed by atoms with E-state index in [1.807, 2.05) is 42.3 Å². The molecular formula is C20H27N3O. The summed E-state index contributed by atoms with van der Waals surface area (Å²) in [6, 6.07) is 7.86. The average molecular weight is 325 g/mol. The van der Waals surface area contributed by atoms with Crippen LogP contribution in [-0.2, 0) is 6.54 Å². The van der Waals surface area contributed by atoms with E-state index in [2.05, 4.69) is 22.7 Å². The van der Waals surface area contributed by atoms with Crippen LogP contribution in [-0.4, -0.2) is 33.4 Å². The van der Waals surface area contributed by atoms with Crippen molar-refractivity contribution < 1.29 is 4.79 Å². The summed E-state index contributed by atoms with van der Waals surface area (Å²) in [6.07, 6.45) is 8.39. The van der Waals surface area contributed by atoms with Gasteiger partial charge in [0.15, 0.2) is 0 Å². The van der Waals surface area contributed by atoms with Crippen molar-refractivity contribution in [2.75, 3.05) is 13.1 Å². The van der Waals surface area contributed by atoms with Gasteiger partial charge in [-0.15, -0.1) is 0 Å². The highest BCUT2D eigenvalue weighted by molar-refractivity contribution is 5.95. The van der Waals surface area contributed by atoms with Gasteiger partial charge in [0.25, 0.3) is 5.91 Å². The molecule has 0 aliphatic carbocycles. The minimum atomic E-state index is 0.167. The minimum absolute atomic E-state index is 0.167. The Labute approximate surface area is 144 Å². The van der Waals surface area contributed by atoms with E-state index in [0.29, 0.717) is 5.92 Å². The SMILES string of the molecule is CCCCn1ccnc1C1CCN(C(=O)c2ccccc2C)CC1. The number of amides is 1. The second kappa shape index (κ2) is 7.65. The van der Waals surface area contributed by atoms with Gasteiger partial charge < -0.3 is 9.47 Å². The number of benzene rings is 1. The summed E-state index contributed by atoms with van der Waals surface area (Å²) in [5, 5.41) is 0. The van der Waals surface area contributed by atoms with Crippen LogP contribution >= 0.6 is 0 Å². The molecule has 1 saturated heterocycles. The Morgan fingerprint density at radius 2 is 2.00 bits per heavy atom. The lowest BCUT2D eigenvalue weighted by Crippen LogP contribution is -2.38. The molecule has 0 unspecified atom stereocenters. The van der Waals surface area contributed by atoms with E-state index in [0.717, 1.165) is 43.6 Å². The van der Waals surface area contributed by atoms with E-state index in [1.165, 1.54) is 18.7 Å². The summed E-state index contributed by atoms with van der Waals surface area (Å²) in [4.78, 5) is 19.3. The molecule has 1 fully saturated rings. The van der Waals surface area contributed by atoms with E-state index in [9.17, 15) is 4.79 Å². The number of unbranched alkanes of at least 4 members (excludes halogenated alkanes) is 1. The molecule has 2 heterocycles. The number of nitrogens with zero attached hydrogens (tertiary/aromatic N) is 3. The van der Waals surface area contributed by atoms with Gasteiger partial charge in [0.05, 0.1) is 0 Å². The molecule has 2 aromatic rings. The minimum Gasteiger partial charge on any atom is -0.339 e. The number of rotatable bonds is 5. The topological polar surface area (TPSA) is 38.1 Å². The van der Waals surface area contributed by atoms with Gasteiger partial charge in [0.2, 0.25) is 0 Å². The van der Waals surface area contributed by atoms with E-state index in [4.69, 9.17) is 0 Å². The monoisotopic (exact) mass is 325 g/mol. The van der Waals surface area contributed by atoms with Crippen LogP contribution in [0.3, 0.4) is 0 Å². The second-order valence-electron chi connectivity index (χ2n) is 6.71. The third kappa shape index (κ3) is 3.53. The second-order valence-corrected chi connectivity index (χ2v) is 6.71. The van der Waals surface area contributed by atoms with Crippen molar-refractivity contribution >= 4 is 5.91 Å². The Morgan fingerprint density at radius 1 is 1.25 bits per heavy atom. The lowest BCUT2D eigenvalue weighted by atomic mass is 9.95. The third-order valence-electron chi connectivity index (χ3n) is 5.02. The van der Waals surface area contributed by atoms with Crippen LogP contribution in [0.5, 0.6) is 0 Å². The van der Waals surface area contributed by atoms with Crippen LogP contribution < -0.4 is 0 Å². The quantitative estimate of drug-likeness (QED) is 0.833. The molecule has 0 bridgehead atoms. The highest BCUT2D eigenvalue weighted by atomic mass is 16.2. The smallest absolute Gasteiger partial charge is 0.254 e. The number of aryl methyl sites for hydroxylation is 2. The Bertz CT molecular complexity index is 684. The summed E-state index contributed by atoms with van der Waals surface area (Å²) in [5.41, 5.74) is 1.89. The van der Waals surface area contributed by atoms with Crippen molar-refractivity contribution in [1.29, 1.82) is 0 Å². The van der Waals surface area contributed by atoms with Gasteiger partial charge in [0.1, 0.15) is 5.82 Å². The molecule has 4 heteroatoms. The summed E-state index contributed by atoms with van der Waals surface area (Å²) in [6.45, 7) is 6.90. The van der Waals surface area contributed by atoms with Gasteiger partial charge in [-0.2, -0.15) is 0 Å². The summed E-state index contributed by atoms with van der Waals surface area (Å²) in [5.74, 6) is 1.84. The standard InChI is InChI=1S/C20H27N3O/c1-3-4-12-22-15-11-21-19(22)17-9-13-23(14-10-17)20(24)18-8-6-5-7-16(18)2/h5-8,11,15,17H,3-4,9-10,12-14H2,1-2H3. The molecule has 0 radical (unpaired) electrons. The highest BCUT2D eigenvalue weighted by Crippen LogP contribution is 2.28. The van der Waals surface area contributed by atoms with E-state index in [1.54, 1.807) is 0 Å². The maximum atomic E-state index is 12.7. The molecule has 24 heavy (non-hydrogen) atoms. The van der Waals surface area contributed by atoms with Crippen LogP contribution in [0.2, 0.25) is 0 Å². The lowest BCUT2D eigenvalue weighted by molar-refractivity contribution is 0.0709. The van der Waals surface area contributed by atoms with Gasteiger partial charge >= 0.3 is 0 Å². The van der Waals surface area contributed by atoms with Crippen LogP contribution in [0.25, 0.3) is 0 Å². The number of hydrogen-bond acceptors (Lipinski definition) is 2. The van der Waals surface area contributed by atoms with E-state index < -0.39 is 0 Å². The maximum absolute atomic E-state index is 12.7. The van der Waals surface area contributed by atoms with Crippen molar-refractivity contribution in [2.24, 2.45) is 0 Å². The van der Waals surface area contributed by atoms with Crippen LogP contribution in [0.1, 0.15) is 60.3 Å². The summed E-state index contributed by atoms with van der Waals surface area (Å²) < 4.78 is 2.30. The fourth-order valence-corrected chi connectivity index (χ4v) is 3.52. The van der Waals surface area contributed by atoms with Crippen molar-refractivity contribution in [1.82, 2.24) is 14.5 Å². The van der Waals surface area contributed by atoms with E-state index in [-0.39, 0.29) is 5.91 Å². The van der Waals surface area contributed by atoms with Crippen LogP contribution in [0, 0.1) is 6.92 Å². The van der Waals surface area contributed by atoms with Gasteiger partial charge in [-0.1, -0.05) is 31.5 Å². The zero-order valence-electron chi connectivity index (χ0n) is 14.7. The zero-order valence-corrected chi connectivity index (χ0v) is 14.7. The Balaban J connectivity index is 1.63. The first-order valence-electron chi connectivity index (χ1n) is 9.06. The first-order chi connectivity index (χ1) is 11.7. The first-order valence-corrected chi connectivity index (χ1v) is 9.06. The van der Waals surface area contributed by atoms with Gasteiger partial charge in [0, 0.05) is 43.5 Å². The fourth-order valence-electron chi connectivity index (χ4n) is 3.52. The Hall–Kier alpha value is -2.10. The van der Waals surface area contributed by atoms with Crippen molar-refractivity contribution in [3.63, 3.8) is 0 Å². The predicted molar refractivity (Wildman–Crippen MR) is 96.2 cm³/mol. The molecule has 0 atom stereocenters. The predicted octanol–water partition coefficient (Wildman–Crippen LogP) is 4.01. The molecule has 0 saturated carbocycles. The molecule has 1 aliphatic heterocycles. The normalized spacial score (nSPS) is 15.7. The average Bonchev–Trinajstić information content (AvgIpc) is 3.08. The number of carbonyl (C=O) groups is 1. The molecule has 1 aromatic heterocycles. The molecule has 1 aliphatic rings. The van der Waals surface area contributed by atoms with Gasteiger partial charge in [-0.25, -0.2) is 4.98 Å². The maximum Gasteiger partial charge on any atom is 0.254 e. The van der Waals surface area contributed by atoms with Crippen molar-refractivity contribution in [3.8, 4) is 0 Å². The molecule has 4 nitrogen and oxygen atoms in total. The molecular weight excluding hydrogens is 298 g/mol.